The summed E-state index contributed by atoms with van der Waals surface area (Å²) in [6.07, 6.45) is 3.92. The molecule has 1 aliphatic heterocycles. The van der Waals surface area contributed by atoms with E-state index in [-0.39, 0.29) is 24.0 Å². The second-order valence-electron chi connectivity index (χ2n) is 6.51. The first-order valence-electron chi connectivity index (χ1n) is 9.06. The first kappa shape index (κ1) is 21.2. The van der Waals surface area contributed by atoms with E-state index in [9.17, 15) is 0 Å². The van der Waals surface area contributed by atoms with Gasteiger partial charge in [-0.3, -0.25) is 0 Å². The van der Waals surface area contributed by atoms with Crippen LogP contribution >= 0.6 is 24.0 Å². The van der Waals surface area contributed by atoms with E-state index in [0.717, 1.165) is 31.5 Å². The van der Waals surface area contributed by atoms with Gasteiger partial charge in [-0.15, -0.1) is 24.0 Å². The number of guanidine groups is 1. The maximum absolute atomic E-state index is 4.66. The summed E-state index contributed by atoms with van der Waals surface area (Å²) in [6, 6.07) is 10.4. The van der Waals surface area contributed by atoms with Crippen LogP contribution in [0.3, 0.4) is 0 Å². The molecule has 0 spiro atoms. The summed E-state index contributed by atoms with van der Waals surface area (Å²) in [5.41, 5.74) is 1.24. The number of hydrogen-bond donors (Lipinski definition) is 2. The molecule has 0 aliphatic carbocycles. The van der Waals surface area contributed by atoms with Crippen molar-refractivity contribution in [3.63, 3.8) is 0 Å². The highest BCUT2D eigenvalue weighted by Crippen LogP contribution is 2.15. The Kier molecular flexibility index (Phi) is 11.1. The lowest BCUT2D eigenvalue weighted by molar-refractivity contribution is 0.182. The zero-order valence-corrected chi connectivity index (χ0v) is 17.5. The van der Waals surface area contributed by atoms with Gasteiger partial charge in [-0.1, -0.05) is 37.3 Å². The average Bonchev–Trinajstić information content (AvgIpc) is 2.57. The quantitative estimate of drug-likeness (QED) is 0.293. The molecule has 0 saturated carbocycles. The van der Waals surface area contributed by atoms with Crippen LogP contribution in [0.2, 0.25) is 0 Å². The number of halogens is 1. The molecule has 0 radical (unpaired) electrons. The number of rotatable bonds is 7. The molecule has 2 N–H and O–H groups in total. The highest BCUT2D eigenvalue weighted by molar-refractivity contribution is 14.0. The number of nitrogens with zero attached hydrogens (tertiary/aromatic N) is 2. The Morgan fingerprint density at radius 2 is 2.04 bits per heavy atom. The highest BCUT2D eigenvalue weighted by atomic mass is 127. The van der Waals surface area contributed by atoms with Crippen molar-refractivity contribution >= 4 is 29.9 Å². The van der Waals surface area contributed by atoms with Crippen LogP contribution in [0.4, 0.5) is 0 Å². The van der Waals surface area contributed by atoms with Gasteiger partial charge in [0.05, 0.1) is 6.54 Å². The topological polar surface area (TPSA) is 39.7 Å². The molecule has 0 aromatic heterocycles. The Morgan fingerprint density at radius 3 is 2.75 bits per heavy atom. The van der Waals surface area contributed by atoms with Gasteiger partial charge in [-0.2, -0.15) is 0 Å². The standard InChI is InChI=1S/C19H32N4.HI/c1-3-20-19(22-15-18-10-5-4-6-11-18)21-12-8-14-23-13-7-9-17(2)16-23;/h4-6,10-11,17H,3,7-9,12-16H2,1-2H3,(H2,20,21,22);1H. The Hall–Kier alpha value is -0.820. The second-order valence-corrected chi connectivity index (χ2v) is 6.51. The SMILES string of the molecule is CCNC(=NCc1ccccc1)NCCCN1CCCC(C)C1.I. The minimum atomic E-state index is 0. The molecule has 1 aliphatic rings. The van der Waals surface area contributed by atoms with E-state index in [1.165, 1.54) is 44.5 Å². The largest absolute Gasteiger partial charge is 0.357 e. The molecule has 1 fully saturated rings. The molecule has 24 heavy (non-hydrogen) atoms. The molecular formula is C19H33IN4. The van der Waals surface area contributed by atoms with Gasteiger partial charge in [-0.05, 0) is 50.8 Å². The lowest BCUT2D eigenvalue weighted by atomic mass is 10.0. The van der Waals surface area contributed by atoms with E-state index >= 15 is 0 Å². The minimum Gasteiger partial charge on any atom is -0.357 e. The molecule has 1 saturated heterocycles. The Morgan fingerprint density at radius 1 is 1.25 bits per heavy atom. The van der Waals surface area contributed by atoms with Crippen LogP contribution < -0.4 is 10.6 Å². The lowest BCUT2D eigenvalue weighted by Gasteiger charge is -2.30. The Balaban J connectivity index is 0.00000288. The van der Waals surface area contributed by atoms with E-state index in [1.807, 2.05) is 6.07 Å². The molecule has 1 unspecified atom stereocenters. The van der Waals surface area contributed by atoms with Crippen molar-refractivity contribution in [1.29, 1.82) is 0 Å². The maximum atomic E-state index is 4.66. The fourth-order valence-corrected chi connectivity index (χ4v) is 3.09. The molecule has 1 heterocycles. The molecular weight excluding hydrogens is 411 g/mol. The van der Waals surface area contributed by atoms with Crippen LogP contribution in [0, 0.1) is 5.92 Å². The van der Waals surface area contributed by atoms with Crippen LogP contribution in [0.1, 0.15) is 38.7 Å². The lowest BCUT2D eigenvalue weighted by Crippen LogP contribution is -2.40. The summed E-state index contributed by atoms with van der Waals surface area (Å²) in [4.78, 5) is 7.26. The molecule has 1 aromatic rings. The van der Waals surface area contributed by atoms with Crippen LogP contribution in [-0.4, -0.2) is 43.6 Å². The molecule has 5 heteroatoms. The van der Waals surface area contributed by atoms with Crippen molar-refractivity contribution in [2.75, 3.05) is 32.7 Å². The molecule has 0 amide bonds. The first-order chi connectivity index (χ1) is 11.3. The predicted octanol–water partition coefficient (Wildman–Crippen LogP) is 3.48. The number of piperidine rings is 1. The number of nitrogens with one attached hydrogen (secondary N) is 2. The van der Waals surface area contributed by atoms with Gasteiger partial charge in [0.1, 0.15) is 0 Å². The van der Waals surface area contributed by atoms with E-state index in [0.29, 0.717) is 0 Å². The smallest absolute Gasteiger partial charge is 0.191 e. The molecule has 4 nitrogen and oxygen atoms in total. The van der Waals surface area contributed by atoms with Gasteiger partial charge in [0, 0.05) is 19.6 Å². The van der Waals surface area contributed by atoms with Crippen molar-refractivity contribution in [2.45, 2.75) is 39.7 Å². The molecule has 2 rings (SSSR count). The zero-order valence-electron chi connectivity index (χ0n) is 15.1. The molecule has 0 bridgehead atoms. The Labute approximate surface area is 164 Å². The number of hydrogen-bond acceptors (Lipinski definition) is 2. The van der Waals surface area contributed by atoms with Gasteiger partial charge in [0.15, 0.2) is 5.96 Å². The fourth-order valence-electron chi connectivity index (χ4n) is 3.09. The van der Waals surface area contributed by atoms with Gasteiger partial charge in [-0.25, -0.2) is 4.99 Å². The average molecular weight is 444 g/mol. The van der Waals surface area contributed by atoms with Crippen LogP contribution in [0.15, 0.2) is 35.3 Å². The first-order valence-corrected chi connectivity index (χ1v) is 9.06. The van der Waals surface area contributed by atoms with Gasteiger partial charge < -0.3 is 15.5 Å². The van der Waals surface area contributed by atoms with Crippen LogP contribution in [0.5, 0.6) is 0 Å². The monoisotopic (exact) mass is 444 g/mol. The van der Waals surface area contributed by atoms with Crippen LogP contribution in [0.25, 0.3) is 0 Å². The third-order valence-electron chi connectivity index (χ3n) is 4.29. The summed E-state index contributed by atoms with van der Waals surface area (Å²) >= 11 is 0. The van der Waals surface area contributed by atoms with Gasteiger partial charge >= 0.3 is 0 Å². The summed E-state index contributed by atoms with van der Waals surface area (Å²) in [5.74, 6) is 1.78. The van der Waals surface area contributed by atoms with Crippen LogP contribution in [-0.2, 0) is 6.54 Å². The molecule has 1 aromatic carbocycles. The summed E-state index contributed by atoms with van der Waals surface area (Å²) in [7, 11) is 0. The van der Waals surface area contributed by atoms with Crippen molar-refractivity contribution < 1.29 is 0 Å². The second kappa shape index (κ2) is 12.5. The number of aliphatic imine (C=N–C) groups is 1. The van der Waals surface area contributed by atoms with Crippen molar-refractivity contribution in [3.05, 3.63) is 35.9 Å². The van der Waals surface area contributed by atoms with E-state index < -0.39 is 0 Å². The minimum absolute atomic E-state index is 0. The summed E-state index contributed by atoms with van der Waals surface area (Å²) in [5, 5.41) is 6.78. The third-order valence-corrected chi connectivity index (χ3v) is 4.29. The summed E-state index contributed by atoms with van der Waals surface area (Å²) < 4.78 is 0. The number of likely N-dealkylation sites (tertiary alicyclic amines) is 1. The fraction of sp³-hybridized carbons (Fsp3) is 0.632. The normalized spacial score (nSPS) is 18.8. The molecule has 1 atom stereocenters. The Bertz CT molecular complexity index is 464. The third kappa shape index (κ3) is 8.33. The van der Waals surface area contributed by atoms with Crippen molar-refractivity contribution in [1.82, 2.24) is 15.5 Å². The van der Waals surface area contributed by atoms with Crippen molar-refractivity contribution in [3.8, 4) is 0 Å². The van der Waals surface area contributed by atoms with Gasteiger partial charge in [0.25, 0.3) is 0 Å². The summed E-state index contributed by atoms with van der Waals surface area (Å²) in [6.45, 7) is 10.8. The van der Waals surface area contributed by atoms with E-state index in [4.69, 9.17) is 0 Å². The van der Waals surface area contributed by atoms with Gasteiger partial charge in [0.2, 0.25) is 0 Å². The zero-order chi connectivity index (χ0) is 16.3. The predicted molar refractivity (Wildman–Crippen MR) is 114 cm³/mol. The number of benzene rings is 1. The van der Waals surface area contributed by atoms with E-state index in [1.54, 1.807) is 0 Å². The van der Waals surface area contributed by atoms with Crippen molar-refractivity contribution in [2.24, 2.45) is 10.9 Å². The highest BCUT2D eigenvalue weighted by Gasteiger charge is 2.15. The van der Waals surface area contributed by atoms with E-state index in [2.05, 4.69) is 58.6 Å². The maximum Gasteiger partial charge on any atom is 0.191 e. The molecule has 136 valence electrons.